The summed E-state index contributed by atoms with van der Waals surface area (Å²) in [6.45, 7) is 6.85. The van der Waals surface area contributed by atoms with Crippen molar-refractivity contribution in [2.24, 2.45) is 0 Å². The predicted octanol–water partition coefficient (Wildman–Crippen LogP) is 4.63. The van der Waals surface area contributed by atoms with Crippen LogP contribution < -0.4 is 14.8 Å². The van der Waals surface area contributed by atoms with Crippen LogP contribution in [0.4, 0.5) is 4.79 Å². The first-order valence-electron chi connectivity index (χ1n) is 10.9. The Hall–Kier alpha value is -3.32. The van der Waals surface area contributed by atoms with Crippen molar-refractivity contribution in [3.05, 3.63) is 63.8 Å². The first-order chi connectivity index (χ1) is 15.8. The van der Waals surface area contributed by atoms with Crippen LogP contribution in [-0.2, 0) is 16.9 Å². The lowest BCUT2D eigenvalue weighted by molar-refractivity contribution is -0.131. The average molecular weight is 466 g/mol. The normalized spacial score (nSPS) is 20.2. The maximum Gasteiger partial charge on any atom is 0.325 e. The van der Waals surface area contributed by atoms with E-state index in [1.54, 1.807) is 25.1 Å². The van der Waals surface area contributed by atoms with Gasteiger partial charge in [0.05, 0.1) is 25.3 Å². The molecule has 1 N–H and O–H groups in total. The summed E-state index contributed by atoms with van der Waals surface area (Å²) in [7, 11) is 0. The highest BCUT2D eigenvalue weighted by molar-refractivity contribution is 6.30. The lowest BCUT2D eigenvalue weighted by Crippen LogP contribution is -2.40. The number of fused-ring (bicyclic) bond motifs is 2. The van der Waals surface area contributed by atoms with Crippen molar-refractivity contribution in [1.29, 1.82) is 0 Å². The van der Waals surface area contributed by atoms with Gasteiger partial charge >= 0.3 is 6.03 Å². The van der Waals surface area contributed by atoms with Crippen LogP contribution in [0.3, 0.4) is 0 Å². The molecule has 2 aliphatic heterocycles. The minimum atomic E-state index is -1.23. The fraction of sp³-hybridized carbons (Fsp3) is 0.320. The van der Waals surface area contributed by atoms with Crippen molar-refractivity contribution in [2.75, 3.05) is 13.2 Å². The van der Waals surface area contributed by atoms with E-state index in [1.165, 1.54) is 4.90 Å². The molecule has 7 nitrogen and oxygen atoms in total. The molecule has 0 aliphatic carbocycles. The molecule has 0 bridgehead atoms. The number of hydrogen-bond acceptors (Lipinski definition) is 5. The summed E-state index contributed by atoms with van der Waals surface area (Å²) in [5.41, 5.74) is 3.00. The smallest absolute Gasteiger partial charge is 0.325 e. The minimum absolute atomic E-state index is 0.0273. The zero-order valence-electron chi connectivity index (χ0n) is 18.7. The topological polar surface area (TPSA) is 80.8 Å². The number of ether oxygens (including phenoxy) is 2. The van der Waals surface area contributed by atoms with Crippen LogP contribution in [0, 0.1) is 13.8 Å². The monoisotopic (exact) mass is 465 g/mol. The van der Waals surface area contributed by atoms with E-state index in [0.717, 1.165) is 28.5 Å². The average Bonchev–Trinajstić information content (AvgIpc) is 2.95. The maximum absolute atomic E-state index is 13.5. The molecule has 2 aliphatic rings. The number of aryl methyl sites for hydroxylation is 2. The van der Waals surface area contributed by atoms with Gasteiger partial charge in [-0.15, -0.1) is 0 Å². The van der Waals surface area contributed by atoms with Crippen LogP contribution in [0.25, 0.3) is 10.9 Å². The lowest BCUT2D eigenvalue weighted by Gasteiger charge is -2.23. The first-order valence-corrected chi connectivity index (χ1v) is 11.3. The molecule has 1 saturated heterocycles. The zero-order chi connectivity index (χ0) is 23.3. The zero-order valence-corrected chi connectivity index (χ0v) is 19.5. The van der Waals surface area contributed by atoms with Gasteiger partial charge in [0.15, 0.2) is 11.5 Å². The van der Waals surface area contributed by atoms with E-state index in [0.29, 0.717) is 35.8 Å². The second-order valence-corrected chi connectivity index (χ2v) is 9.03. The van der Waals surface area contributed by atoms with E-state index in [9.17, 15) is 9.59 Å². The Bertz CT molecular complexity index is 1310. The molecule has 5 rings (SSSR count). The summed E-state index contributed by atoms with van der Waals surface area (Å²) in [6, 6.07) is 10.7. The van der Waals surface area contributed by atoms with Gasteiger partial charge in [0, 0.05) is 17.4 Å². The lowest BCUT2D eigenvalue weighted by atomic mass is 9.91. The maximum atomic E-state index is 13.5. The fourth-order valence-electron chi connectivity index (χ4n) is 4.30. The van der Waals surface area contributed by atoms with Gasteiger partial charge in [-0.05, 0) is 55.7 Å². The number of carbonyl (C=O) groups is 2. The molecule has 170 valence electrons. The van der Waals surface area contributed by atoms with E-state index in [1.807, 2.05) is 32.0 Å². The number of halogens is 1. The van der Waals surface area contributed by atoms with Crippen molar-refractivity contribution >= 4 is 34.4 Å². The highest BCUT2D eigenvalue weighted by Crippen LogP contribution is 2.37. The third-order valence-electron chi connectivity index (χ3n) is 6.47. The van der Waals surface area contributed by atoms with Gasteiger partial charge in [0.2, 0.25) is 0 Å². The van der Waals surface area contributed by atoms with E-state index in [4.69, 9.17) is 21.1 Å². The summed E-state index contributed by atoms with van der Waals surface area (Å²) in [4.78, 5) is 32.1. The van der Waals surface area contributed by atoms with E-state index < -0.39 is 11.6 Å². The number of urea groups is 1. The number of carbonyl (C=O) groups excluding carboxylic acids is 2. The van der Waals surface area contributed by atoms with Crippen LogP contribution in [0.5, 0.6) is 11.5 Å². The van der Waals surface area contributed by atoms with Gasteiger partial charge in [0.1, 0.15) is 10.7 Å². The summed E-state index contributed by atoms with van der Waals surface area (Å²) in [5, 5.41) is 4.03. The van der Waals surface area contributed by atoms with E-state index >= 15 is 0 Å². The SMILES string of the molecule is Cc1ccc2cc(CN3C(=O)NC(C)(c4ccc5c(c4)OCCCO5)C3=O)c(Cl)nc2c1C. The molecule has 0 spiro atoms. The number of imide groups is 1. The molecule has 2 aromatic carbocycles. The Morgan fingerprint density at radius 3 is 2.64 bits per heavy atom. The molecule has 1 unspecified atom stereocenters. The van der Waals surface area contributed by atoms with Crippen molar-refractivity contribution in [1.82, 2.24) is 15.2 Å². The number of amides is 3. The number of pyridine rings is 1. The fourth-order valence-corrected chi connectivity index (χ4v) is 4.49. The number of aromatic nitrogens is 1. The highest BCUT2D eigenvalue weighted by Gasteiger charge is 2.49. The number of nitrogens with one attached hydrogen (secondary N) is 1. The van der Waals surface area contributed by atoms with Crippen molar-refractivity contribution in [3.63, 3.8) is 0 Å². The quantitative estimate of drug-likeness (QED) is 0.450. The molecule has 1 aromatic heterocycles. The predicted molar refractivity (Wildman–Crippen MR) is 125 cm³/mol. The number of hydrogen-bond donors (Lipinski definition) is 1. The Morgan fingerprint density at radius 2 is 1.85 bits per heavy atom. The molecule has 3 heterocycles. The van der Waals surface area contributed by atoms with Crippen LogP contribution in [0.1, 0.15) is 35.6 Å². The van der Waals surface area contributed by atoms with Gasteiger partial charge < -0.3 is 14.8 Å². The number of benzene rings is 2. The number of rotatable bonds is 3. The third-order valence-corrected chi connectivity index (χ3v) is 6.79. The highest BCUT2D eigenvalue weighted by atomic mass is 35.5. The minimum Gasteiger partial charge on any atom is -0.490 e. The standard InChI is InChI=1S/C25H24ClN3O4/c1-14-5-6-16-11-17(22(26)27-21(16)15(14)2)13-29-23(30)25(3,28-24(29)31)18-7-8-19-20(12-18)33-10-4-9-32-19/h5-8,11-12H,4,9-10,13H2,1-3H3,(H,28,31). The van der Waals surface area contributed by atoms with E-state index in [-0.39, 0.29) is 17.6 Å². The molecule has 1 atom stereocenters. The second kappa shape index (κ2) is 7.92. The summed E-state index contributed by atoms with van der Waals surface area (Å²) in [5.74, 6) is 0.838. The number of nitrogens with zero attached hydrogens (tertiary/aromatic N) is 2. The van der Waals surface area contributed by atoms with Crippen molar-refractivity contribution < 1.29 is 19.1 Å². The molecule has 0 saturated carbocycles. The molecule has 1 fully saturated rings. The van der Waals surface area contributed by atoms with E-state index in [2.05, 4.69) is 10.3 Å². The molecule has 0 radical (unpaired) electrons. The van der Waals surface area contributed by atoms with Gasteiger partial charge in [-0.1, -0.05) is 29.8 Å². The Balaban J connectivity index is 1.46. The Kier molecular flexibility index (Phi) is 5.16. The van der Waals surface area contributed by atoms with Crippen molar-refractivity contribution in [2.45, 2.75) is 39.3 Å². The third kappa shape index (κ3) is 3.56. The van der Waals surface area contributed by atoms with Crippen LogP contribution in [-0.4, -0.2) is 35.0 Å². The van der Waals surface area contributed by atoms with Crippen molar-refractivity contribution in [3.8, 4) is 11.5 Å². The van der Waals surface area contributed by atoms with Gasteiger partial charge in [0.25, 0.3) is 5.91 Å². The molecule has 3 aromatic rings. The molecule has 33 heavy (non-hydrogen) atoms. The molecule has 8 heteroatoms. The Morgan fingerprint density at radius 1 is 1.09 bits per heavy atom. The summed E-state index contributed by atoms with van der Waals surface area (Å²) >= 11 is 6.47. The van der Waals surface area contributed by atoms with Crippen LogP contribution in [0.15, 0.2) is 36.4 Å². The molecule has 3 amide bonds. The largest absolute Gasteiger partial charge is 0.490 e. The first kappa shape index (κ1) is 21.5. The van der Waals surface area contributed by atoms with Gasteiger partial charge in [-0.25, -0.2) is 9.78 Å². The van der Waals surface area contributed by atoms with Crippen LogP contribution >= 0.6 is 11.6 Å². The Labute approximate surface area is 196 Å². The van der Waals surface area contributed by atoms with Gasteiger partial charge in [-0.2, -0.15) is 0 Å². The molecular weight excluding hydrogens is 442 g/mol. The van der Waals surface area contributed by atoms with Crippen LogP contribution in [0.2, 0.25) is 5.15 Å². The van der Waals surface area contributed by atoms with Gasteiger partial charge in [-0.3, -0.25) is 9.69 Å². The summed E-state index contributed by atoms with van der Waals surface area (Å²) < 4.78 is 11.4. The summed E-state index contributed by atoms with van der Waals surface area (Å²) in [6.07, 6.45) is 0.782. The second-order valence-electron chi connectivity index (χ2n) is 8.68. The molecular formula is C25H24ClN3O4.